The molecule has 0 saturated carbocycles. The zero-order chi connectivity index (χ0) is 16.2. The second-order valence-electron chi connectivity index (χ2n) is 5.14. The Morgan fingerprint density at radius 3 is 2.61 bits per heavy atom. The third-order valence-electron chi connectivity index (χ3n) is 3.56. The molecule has 0 aliphatic rings. The number of nitro groups is 1. The highest BCUT2D eigenvalue weighted by atomic mass is 16.6. The highest BCUT2D eigenvalue weighted by Crippen LogP contribution is 2.25. The van der Waals surface area contributed by atoms with Gasteiger partial charge in [0.2, 0.25) is 0 Å². The minimum absolute atomic E-state index is 0.0353. The molecule has 0 aliphatic heterocycles. The molecule has 0 spiro atoms. The van der Waals surface area contributed by atoms with Gasteiger partial charge >= 0.3 is 0 Å². The molecular weight excluding hydrogens is 292 g/mol. The lowest BCUT2D eigenvalue weighted by atomic mass is 10.2. The minimum atomic E-state index is -0.409. The zero-order valence-electron chi connectivity index (χ0n) is 12.7. The van der Waals surface area contributed by atoms with Crippen molar-refractivity contribution in [2.75, 3.05) is 5.32 Å². The van der Waals surface area contributed by atoms with E-state index < -0.39 is 4.92 Å². The topological polar surface area (TPSA) is 81.0 Å². The van der Waals surface area contributed by atoms with Crippen LogP contribution in [0.25, 0.3) is 10.9 Å². The normalized spacial score (nSPS) is 10.7. The number of hydrogen-bond donors (Lipinski definition) is 1. The van der Waals surface area contributed by atoms with E-state index in [4.69, 9.17) is 0 Å². The van der Waals surface area contributed by atoms with Crippen molar-refractivity contribution in [2.24, 2.45) is 0 Å². The summed E-state index contributed by atoms with van der Waals surface area (Å²) in [6, 6.07) is 14.6. The number of nitro benzene ring substituents is 1. The fourth-order valence-corrected chi connectivity index (χ4v) is 2.35. The Balaban J connectivity index is 2.01. The minimum Gasteiger partial charge on any atom is -0.365 e. The van der Waals surface area contributed by atoms with E-state index in [1.165, 1.54) is 12.1 Å². The van der Waals surface area contributed by atoms with Crippen LogP contribution in [-0.4, -0.2) is 14.9 Å². The Hall–Kier alpha value is -3.02. The second kappa shape index (κ2) is 6.39. The number of rotatable bonds is 5. The maximum atomic E-state index is 11.0. The van der Waals surface area contributed by atoms with Crippen molar-refractivity contribution in [3.05, 3.63) is 70.0 Å². The van der Waals surface area contributed by atoms with Crippen molar-refractivity contribution in [3.63, 3.8) is 0 Å². The molecular formula is C17H16N4O2. The van der Waals surface area contributed by atoms with Crippen LogP contribution in [0.2, 0.25) is 0 Å². The van der Waals surface area contributed by atoms with Crippen LogP contribution >= 0.6 is 0 Å². The van der Waals surface area contributed by atoms with Crippen LogP contribution in [-0.2, 0) is 13.0 Å². The van der Waals surface area contributed by atoms with Gasteiger partial charge in [-0.15, -0.1) is 0 Å². The molecule has 0 amide bonds. The van der Waals surface area contributed by atoms with Gasteiger partial charge in [0.15, 0.2) is 0 Å². The van der Waals surface area contributed by atoms with E-state index in [1.54, 1.807) is 6.07 Å². The average Bonchev–Trinajstić information content (AvgIpc) is 2.59. The molecule has 23 heavy (non-hydrogen) atoms. The molecule has 0 aliphatic carbocycles. The quantitative estimate of drug-likeness (QED) is 0.574. The summed E-state index contributed by atoms with van der Waals surface area (Å²) >= 11 is 0. The first-order valence-electron chi connectivity index (χ1n) is 7.40. The summed E-state index contributed by atoms with van der Waals surface area (Å²) in [5, 5.41) is 14.9. The summed E-state index contributed by atoms with van der Waals surface area (Å²) in [6.07, 6.45) is 0.701. The molecule has 1 N–H and O–H groups in total. The maximum absolute atomic E-state index is 11.0. The fourth-order valence-electron chi connectivity index (χ4n) is 2.35. The Morgan fingerprint density at radius 2 is 1.91 bits per heavy atom. The number of nitrogens with one attached hydrogen (secondary N) is 1. The van der Waals surface area contributed by atoms with Crippen LogP contribution in [0.4, 0.5) is 11.5 Å². The number of fused-ring (bicyclic) bond motifs is 1. The number of non-ortho nitro benzene ring substituents is 1. The van der Waals surface area contributed by atoms with Crippen LogP contribution < -0.4 is 5.32 Å². The van der Waals surface area contributed by atoms with Gasteiger partial charge in [0.1, 0.15) is 11.6 Å². The van der Waals surface area contributed by atoms with Crippen LogP contribution in [0, 0.1) is 10.1 Å². The Labute approximate surface area is 133 Å². The third-order valence-corrected chi connectivity index (χ3v) is 3.56. The van der Waals surface area contributed by atoms with Crippen LogP contribution in [0.5, 0.6) is 0 Å². The van der Waals surface area contributed by atoms with E-state index in [2.05, 4.69) is 15.3 Å². The molecule has 3 aromatic rings. The molecule has 0 fully saturated rings. The molecule has 0 saturated heterocycles. The van der Waals surface area contributed by atoms with Gasteiger partial charge in [0, 0.05) is 30.5 Å². The monoisotopic (exact) mass is 308 g/mol. The number of aromatic nitrogens is 2. The van der Waals surface area contributed by atoms with E-state index in [9.17, 15) is 10.1 Å². The van der Waals surface area contributed by atoms with E-state index in [-0.39, 0.29) is 5.69 Å². The van der Waals surface area contributed by atoms with Gasteiger partial charge in [0.25, 0.3) is 5.69 Å². The molecule has 0 atom stereocenters. The van der Waals surface area contributed by atoms with E-state index in [0.717, 1.165) is 5.56 Å². The number of benzene rings is 2. The third kappa shape index (κ3) is 3.26. The van der Waals surface area contributed by atoms with Gasteiger partial charge < -0.3 is 5.32 Å². The molecule has 0 bridgehead atoms. The Morgan fingerprint density at radius 1 is 1.13 bits per heavy atom. The van der Waals surface area contributed by atoms with Crippen molar-refractivity contribution >= 4 is 22.4 Å². The number of aryl methyl sites for hydroxylation is 1. The predicted octanol–water partition coefficient (Wildman–Crippen LogP) is 3.71. The molecule has 0 unspecified atom stereocenters. The summed E-state index contributed by atoms with van der Waals surface area (Å²) in [5.41, 5.74) is 1.86. The first-order valence-corrected chi connectivity index (χ1v) is 7.40. The average molecular weight is 308 g/mol. The van der Waals surface area contributed by atoms with E-state index >= 15 is 0 Å². The predicted molar refractivity (Wildman–Crippen MR) is 89.3 cm³/mol. The van der Waals surface area contributed by atoms with Crippen molar-refractivity contribution in [2.45, 2.75) is 19.9 Å². The fraction of sp³-hybridized carbons (Fsp3) is 0.176. The summed E-state index contributed by atoms with van der Waals surface area (Å²) in [7, 11) is 0. The van der Waals surface area contributed by atoms with E-state index in [1.807, 2.05) is 37.3 Å². The first-order chi connectivity index (χ1) is 11.2. The Kier molecular flexibility index (Phi) is 4.14. The highest BCUT2D eigenvalue weighted by Gasteiger charge is 2.12. The summed E-state index contributed by atoms with van der Waals surface area (Å²) < 4.78 is 0. The van der Waals surface area contributed by atoms with Gasteiger partial charge in [-0.2, -0.15) is 0 Å². The molecule has 6 heteroatoms. The standard InChI is InChI=1S/C17H16N4O2/c1-2-16-19-15-9-8-13(21(22)23)10-14(15)17(20-16)18-11-12-6-4-3-5-7-12/h3-10H,2,11H2,1H3,(H,18,19,20). The molecule has 1 heterocycles. The SMILES string of the molecule is CCc1nc(NCc2ccccc2)c2cc([N+](=O)[O-])ccc2n1. The van der Waals surface area contributed by atoms with Gasteiger partial charge in [0.05, 0.1) is 10.4 Å². The van der Waals surface area contributed by atoms with Crippen molar-refractivity contribution in [1.82, 2.24) is 9.97 Å². The summed E-state index contributed by atoms with van der Waals surface area (Å²) in [5.74, 6) is 1.33. The lowest BCUT2D eigenvalue weighted by molar-refractivity contribution is -0.384. The molecule has 116 valence electrons. The van der Waals surface area contributed by atoms with E-state index in [0.29, 0.717) is 35.5 Å². The second-order valence-corrected chi connectivity index (χ2v) is 5.14. The van der Waals surface area contributed by atoms with Gasteiger partial charge in [-0.05, 0) is 11.6 Å². The molecule has 6 nitrogen and oxygen atoms in total. The maximum Gasteiger partial charge on any atom is 0.270 e. The van der Waals surface area contributed by atoms with Crippen molar-refractivity contribution in [1.29, 1.82) is 0 Å². The van der Waals surface area contributed by atoms with Crippen LogP contribution in [0.15, 0.2) is 48.5 Å². The summed E-state index contributed by atoms with van der Waals surface area (Å²) in [4.78, 5) is 19.5. The number of nitrogens with zero attached hydrogens (tertiary/aromatic N) is 3. The van der Waals surface area contributed by atoms with Gasteiger partial charge in [-0.25, -0.2) is 9.97 Å². The lowest BCUT2D eigenvalue weighted by Gasteiger charge is -2.10. The summed E-state index contributed by atoms with van der Waals surface area (Å²) in [6.45, 7) is 2.58. The Bertz CT molecular complexity index is 850. The first kappa shape index (κ1) is 14.9. The van der Waals surface area contributed by atoms with Crippen molar-refractivity contribution in [3.8, 4) is 0 Å². The van der Waals surface area contributed by atoms with Crippen LogP contribution in [0.1, 0.15) is 18.3 Å². The molecule has 0 radical (unpaired) electrons. The number of anilines is 1. The lowest BCUT2D eigenvalue weighted by Crippen LogP contribution is -2.05. The smallest absolute Gasteiger partial charge is 0.270 e. The molecule has 1 aromatic heterocycles. The van der Waals surface area contributed by atoms with Crippen LogP contribution in [0.3, 0.4) is 0 Å². The van der Waals surface area contributed by atoms with Gasteiger partial charge in [-0.1, -0.05) is 37.3 Å². The molecule has 2 aromatic carbocycles. The zero-order valence-corrected chi connectivity index (χ0v) is 12.7. The van der Waals surface area contributed by atoms with Gasteiger partial charge in [-0.3, -0.25) is 10.1 Å². The molecule has 3 rings (SSSR count). The van der Waals surface area contributed by atoms with Crippen molar-refractivity contribution < 1.29 is 4.92 Å². The number of hydrogen-bond acceptors (Lipinski definition) is 5. The highest BCUT2D eigenvalue weighted by molar-refractivity contribution is 5.90. The largest absolute Gasteiger partial charge is 0.365 e.